The molecular formula is C9H9ClN4OS. The quantitative estimate of drug-likeness (QED) is 0.911. The Bertz CT molecular complexity index is 502. The molecule has 84 valence electrons. The van der Waals surface area contributed by atoms with Crippen molar-refractivity contribution in [2.24, 2.45) is 0 Å². The Labute approximate surface area is 102 Å². The normalized spacial score (nSPS) is 10.4. The van der Waals surface area contributed by atoms with Gasteiger partial charge in [-0.15, -0.1) is 0 Å². The summed E-state index contributed by atoms with van der Waals surface area (Å²) < 4.78 is 5.18. The van der Waals surface area contributed by atoms with E-state index in [1.807, 2.05) is 13.0 Å². The van der Waals surface area contributed by atoms with Crippen LogP contribution in [0.25, 0.3) is 0 Å². The lowest BCUT2D eigenvalue weighted by atomic mass is 10.5. The van der Waals surface area contributed by atoms with Gasteiger partial charge < -0.3 is 9.73 Å². The van der Waals surface area contributed by atoms with Gasteiger partial charge in [-0.1, -0.05) is 0 Å². The summed E-state index contributed by atoms with van der Waals surface area (Å²) in [6, 6.07) is 1.86. The molecule has 0 aliphatic carbocycles. The van der Waals surface area contributed by atoms with E-state index < -0.39 is 0 Å². The van der Waals surface area contributed by atoms with Gasteiger partial charge in [-0.2, -0.15) is 15.0 Å². The van der Waals surface area contributed by atoms with E-state index in [1.165, 1.54) is 11.8 Å². The van der Waals surface area contributed by atoms with Gasteiger partial charge in [-0.05, 0) is 36.4 Å². The molecule has 5 nitrogen and oxygen atoms in total. The minimum atomic E-state index is 0.169. The largest absolute Gasteiger partial charge is 0.468 e. The third-order valence-electron chi connectivity index (χ3n) is 1.82. The van der Waals surface area contributed by atoms with Gasteiger partial charge >= 0.3 is 0 Å². The van der Waals surface area contributed by atoms with Crippen molar-refractivity contribution < 1.29 is 4.42 Å². The highest BCUT2D eigenvalue weighted by molar-refractivity contribution is 7.99. The number of halogens is 1. The molecule has 0 aromatic carbocycles. The highest BCUT2D eigenvalue weighted by atomic mass is 35.5. The SMILES string of the molecule is CNc1nc(Cl)nc(Sc2ccoc2C)n1. The first-order chi connectivity index (χ1) is 7.69. The molecular weight excluding hydrogens is 248 g/mol. The standard InChI is InChI=1S/C9H9ClN4OS/c1-5-6(3-4-15-5)16-9-13-7(10)12-8(11-2)14-9/h3-4H,1-2H3,(H,11,12,13,14). The number of nitrogens with one attached hydrogen (secondary N) is 1. The van der Waals surface area contributed by atoms with E-state index in [-0.39, 0.29) is 5.28 Å². The van der Waals surface area contributed by atoms with Crippen molar-refractivity contribution >= 4 is 29.3 Å². The summed E-state index contributed by atoms with van der Waals surface area (Å²) in [5.41, 5.74) is 0. The Morgan fingerprint density at radius 2 is 2.19 bits per heavy atom. The van der Waals surface area contributed by atoms with Crippen LogP contribution < -0.4 is 5.32 Å². The Morgan fingerprint density at radius 3 is 2.81 bits per heavy atom. The molecule has 0 atom stereocenters. The molecule has 0 radical (unpaired) electrons. The van der Waals surface area contributed by atoms with Gasteiger partial charge in [0, 0.05) is 7.05 Å². The van der Waals surface area contributed by atoms with Crippen LogP contribution in [0.1, 0.15) is 5.76 Å². The molecule has 2 aromatic rings. The van der Waals surface area contributed by atoms with Gasteiger partial charge in [-0.25, -0.2) is 0 Å². The van der Waals surface area contributed by atoms with Crippen LogP contribution in [0.4, 0.5) is 5.95 Å². The van der Waals surface area contributed by atoms with Crippen molar-refractivity contribution in [1.82, 2.24) is 15.0 Å². The Morgan fingerprint density at radius 1 is 1.38 bits per heavy atom. The predicted molar refractivity (Wildman–Crippen MR) is 62.0 cm³/mol. The summed E-state index contributed by atoms with van der Waals surface area (Å²) in [6.07, 6.45) is 1.62. The Balaban J connectivity index is 2.28. The number of nitrogens with zero attached hydrogens (tertiary/aromatic N) is 3. The first-order valence-corrected chi connectivity index (χ1v) is 5.70. The lowest BCUT2D eigenvalue weighted by Crippen LogP contribution is -1.99. The smallest absolute Gasteiger partial charge is 0.228 e. The first-order valence-electron chi connectivity index (χ1n) is 4.50. The molecule has 2 heterocycles. The zero-order valence-corrected chi connectivity index (χ0v) is 10.3. The molecule has 2 rings (SSSR count). The molecule has 0 aliphatic rings. The minimum absolute atomic E-state index is 0.169. The summed E-state index contributed by atoms with van der Waals surface area (Å²) in [4.78, 5) is 13.1. The van der Waals surface area contributed by atoms with Gasteiger partial charge in [0.05, 0.1) is 11.2 Å². The maximum Gasteiger partial charge on any atom is 0.228 e. The zero-order chi connectivity index (χ0) is 11.5. The van der Waals surface area contributed by atoms with E-state index in [9.17, 15) is 0 Å². The van der Waals surface area contributed by atoms with Crippen LogP contribution in [0, 0.1) is 6.92 Å². The number of furan rings is 1. The van der Waals surface area contributed by atoms with Crippen LogP contribution in [0.5, 0.6) is 0 Å². The molecule has 0 saturated heterocycles. The van der Waals surface area contributed by atoms with Gasteiger partial charge in [0.15, 0.2) is 5.16 Å². The number of rotatable bonds is 3. The zero-order valence-electron chi connectivity index (χ0n) is 8.69. The third-order valence-corrected chi connectivity index (χ3v) is 3.00. The molecule has 7 heteroatoms. The van der Waals surface area contributed by atoms with Gasteiger partial charge in [0.1, 0.15) is 5.76 Å². The average molecular weight is 257 g/mol. The van der Waals surface area contributed by atoms with Gasteiger partial charge in [-0.3, -0.25) is 0 Å². The van der Waals surface area contributed by atoms with Crippen molar-refractivity contribution in [3.8, 4) is 0 Å². The summed E-state index contributed by atoms with van der Waals surface area (Å²) >= 11 is 7.15. The lowest BCUT2D eigenvalue weighted by molar-refractivity contribution is 0.527. The van der Waals surface area contributed by atoms with Crippen molar-refractivity contribution in [2.75, 3.05) is 12.4 Å². The highest BCUT2D eigenvalue weighted by Crippen LogP contribution is 2.29. The molecule has 0 fully saturated rings. The first kappa shape index (κ1) is 11.2. The van der Waals surface area contributed by atoms with Gasteiger partial charge in [0.2, 0.25) is 11.2 Å². The summed E-state index contributed by atoms with van der Waals surface area (Å²) in [5, 5.41) is 3.52. The van der Waals surface area contributed by atoms with Crippen molar-refractivity contribution in [3.05, 3.63) is 23.4 Å². The molecule has 2 aromatic heterocycles. The molecule has 0 spiro atoms. The summed E-state index contributed by atoms with van der Waals surface area (Å²) in [6.45, 7) is 1.88. The number of hydrogen-bond acceptors (Lipinski definition) is 6. The Hall–Kier alpha value is -1.27. The number of aromatic nitrogens is 3. The maximum absolute atomic E-state index is 5.77. The summed E-state index contributed by atoms with van der Waals surface area (Å²) in [7, 11) is 1.73. The number of aryl methyl sites for hydroxylation is 1. The van der Waals surface area contributed by atoms with Crippen molar-refractivity contribution in [2.45, 2.75) is 17.0 Å². The van der Waals surface area contributed by atoms with Crippen LogP contribution >= 0.6 is 23.4 Å². The average Bonchev–Trinajstić information content (AvgIpc) is 2.63. The third kappa shape index (κ3) is 2.45. The monoisotopic (exact) mass is 256 g/mol. The molecule has 0 unspecified atom stereocenters. The molecule has 0 aliphatic heterocycles. The molecule has 0 amide bonds. The van der Waals surface area contributed by atoms with Crippen molar-refractivity contribution in [3.63, 3.8) is 0 Å². The van der Waals surface area contributed by atoms with E-state index in [0.717, 1.165) is 10.7 Å². The number of hydrogen-bond donors (Lipinski definition) is 1. The van der Waals surface area contributed by atoms with Gasteiger partial charge in [0.25, 0.3) is 0 Å². The van der Waals surface area contributed by atoms with E-state index >= 15 is 0 Å². The predicted octanol–water partition coefficient (Wildman–Crippen LogP) is 2.62. The van der Waals surface area contributed by atoms with E-state index in [0.29, 0.717) is 11.1 Å². The van der Waals surface area contributed by atoms with Crippen LogP contribution in [0.15, 0.2) is 26.8 Å². The second kappa shape index (κ2) is 4.71. The van der Waals surface area contributed by atoms with Crippen LogP contribution in [-0.2, 0) is 0 Å². The fraction of sp³-hybridized carbons (Fsp3) is 0.222. The van der Waals surface area contributed by atoms with E-state index in [1.54, 1.807) is 13.3 Å². The lowest BCUT2D eigenvalue weighted by Gasteiger charge is -2.02. The second-order valence-electron chi connectivity index (χ2n) is 2.90. The van der Waals surface area contributed by atoms with E-state index in [2.05, 4.69) is 20.3 Å². The van der Waals surface area contributed by atoms with Crippen molar-refractivity contribution in [1.29, 1.82) is 0 Å². The Kier molecular flexibility index (Phi) is 3.31. The van der Waals surface area contributed by atoms with E-state index in [4.69, 9.17) is 16.0 Å². The van der Waals surface area contributed by atoms with Crippen LogP contribution in [0.3, 0.4) is 0 Å². The maximum atomic E-state index is 5.77. The topological polar surface area (TPSA) is 63.8 Å². The minimum Gasteiger partial charge on any atom is -0.468 e. The fourth-order valence-electron chi connectivity index (χ4n) is 1.07. The molecule has 1 N–H and O–H groups in total. The molecule has 16 heavy (non-hydrogen) atoms. The van der Waals surface area contributed by atoms with Crippen LogP contribution in [0.2, 0.25) is 5.28 Å². The summed E-state index contributed by atoms with van der Waals surface area (Å²) in [5.74, 6) is 1.27. The number of anilines is 1. The molecule has 0 saturated carbocycles. The fourth-order valence-corrected chi connectivity index (χ4v) is 2.05. The van der Waals surface area contributed by atoms with Crippen LogP contribution in [-0.4, -0.2) is 22.0 Å². The molecule has 0 bridgehead atoms. The second-order valence-corrected chi connectivity index (χ2v) is 4.25. The highest BCUT2D eigenvalue weighted by Gasteiger charge is 2.09.